The van der Waals surface area contributed by atoms with E-state index in [9.17, 15) is 9.59 Å². The van der Waals surface area contributed by atoms with E-state index in [0.717, 1.165) is 19.3 Å². The number of nitrogens with one attached hydrogen (secondary N) is 1. The molecule has 3 N–H and O–H groups in total. The van der Waals surface area contributed by atoms with Gasteiger partial charge < -0.3 is 16.0 Å². The maximum atomic E-state index is 13.0. The van der Waals surface area contributed by atoms with E-state index in [4.69, 9.17) is 5.73 Å². The third-order valence-corrected chi connectivity index (χ3v) is 4.56. The number of nitrogens with two attached hydrogens (primary N) is 1. The number of nitrogens with zero attached hydrogens (tertiary/aromatic N) is 4. The number of hydrogen-bond donors (Lipinski definition) is 2. The van der Waals surface area contributed by atoms with Crippen molar-refractivity contribution in [1.82, 2.24) is 24.8 Å². The molecule has 1 unspecified atom stereocenters. The summed E-state index contributed by atoms with van der Waals surface area (Å²) in [4.78, 5) is 34.9. The molecule has 0 radical (unpaired) electrons. The second-order valence-corrected chi connectivity index (χ2v) is 6.36. The lowest BCUT2D eigenvalue weighted by Gasteiger charge is -2.36. The molecule has 1 aliphatic heterocycles. The summed E-state index contributed by atoms with van der Waals surface area (Å²) in [5.74, 6) is 0.543. The standard InChI is InChI=1S/C18H24N6O2/c19-6-4-17(25)22-12-15-3-1-2-9-24(15)18(26)14-5-7-21-16(11-14)23-10-8-20-13-23/h5,7-8,10-11,13,15H,1-4,6,9,12,19H2,(H,22,25). The third kappa shape index (κ3) is 4.26. The average Bonchev–Trinajstić information content (AvgIpc) is 3.21. The van der Waals surface area contributed by atoms with Crippen LogP contribution in [0.3, 0.4) is 0 Å². The smallest absolute Gasteiger partial charge is 0.254 e. The zero-order valence-corrected chi connectivity index (χ0v) is 14.7. The van der Waals surface area contributed by atoms with Crippen molar-refractivity contribution in [3.8, 4) is 5.82 Å². The van der Waals surface area contributed by atoms with Gasteiger partial charge in [-0.2, -0.15) is 0 Å². The second-order valence-electron chi connectivity index (χ2n) is 6.36. The largest absolute Gasteiger partial charge is 0.354 e. The highest BCUT2D eigenvalue weighted by Gasteiger charge is 2.28. The van der Waals surface area contributed by atoms with E-state index in [-0.39, 0.29) is 17.9 Å². The molecule has 1 aliphatic rings. The minimum Gasteiger partial charge on any atom is -0.354 e. The van der Waals surface area contributed by atoms with Crippen molar-refractivity contribution in [2.45, 2.75) is 31.7 Å². The fourth-order valence-electron chi connectivity index (χ4n) is 3.18. The molecule has 138 valence electrons. The highest BCUT2D eigenvalue weighted by Crippen LogP contribution is 2.20. The van der Waals surface area contributed by atoms with Crippen LogP contribution in [0, 0.1) is 0 Å². The van der Waals surface area contributed by atoms with Gasteiger partial charge in [-0.1, -0.05) is 0 Å². The number of carbonyl (C=O) groups excluding carboxylic acids is 2. The molecule has 8 nitrogen and oxygen atoms in total. The summed E-state index contributed by atoms with van der Waals surface area (Å²) in [7, 11) is 0. The summed E-state index contributed by atoms with van der Waals surface area (Å²) in [6, 6.07) is 3.49. The van der Waals surface area contributed by atoms with Crippen LogP contribution in [0.4, 0.5) is 0 Å². The van der Waals surface area contributed by atoms with Crippen molar-refractivity contribution in [3.05, 3.63) is 42.6 Å². The lowest BCUT2D eigenvalue weighted by Crippen LogP contribution is -2.49. The topological polar surface area (TPSA) is 106 Å². The van der Waals surface area contributed by atoms with Gasteiger partial charge in [0.05, 0.1) is 0 Å². The van der Waals surface area contributed by atoms with Gasteiger partial charge in [0.2, 0.25) is 5.91 Å². The van der Waals surface area contributed by atoms with Crippen molar-refractivity contribution in [3.63, 3.8) is 0 Å². The Morgan fingerprint density at radius 2 is 2.19 bits per heavy atom. The van der Waals surface area contributed by atoms with Crippen molar-refractivity contribution in [2.75, 3.05) is 19.6 Å². The Bertz CT molecular complexity index is 746. The molecule has 1 saturated heterocycles. The van der Waals surface area contributed by atoms with Crippen LogP contribution in [0.15, 0.2) is 37.1 Å². The van der Waals surface area contributed by atoms with E-state index in [1.54, 1.807) is 41.6 Å². The van der Waals surface area contributed by atoms with Crippen LogP contribution >= 0.6 is 0 Å². The summed E-state index contributed by atoms with van der Waals surface area (Å²) in [6.45, 7) is 1.48. The summed E-state index contributed by atoms with van der Waals surface area (Å²) in [6.07, 6.45) is 9.94. The zero-order valence-electron chi connectivity index (χ0n) is 14.7. The van der Waals surface area contributed by atoms with E-state index in [2.05, 4.69) is 15.3 Å². The van der Waals surface area contributed by atoms with Crippen LogP contribution in [-0.2, 0) is 4.79 Å². The van der Waals surface area contributed by atoms with Crippen LogP contribution < -0.4 is 11.1 Å². The molecule has 0 saturated carbocycles. The molecule has 1 atom stereocenters. The molecule has 3 heterocycles. The average molecular weight is 356 g/mol. The molecule has 2 aromatic heterocycles. The lowest BCUT2D eigenvalue weighted by atomic mass is 10.0. The van der Waals surface area contributed by atoms with E-state index >= 15 is 0 Å². The Balaban J connectivity index is 1.72. The molecule has 0 aromatic carbocycles. The van der Waals surface area contributed by atoms with Crippen LogP contribution in [0.2, 0.25) is 0 Å². The predicted molar refractivity (Wildman–Crippen MR) is 96.7 cm³/mol. The molecule has 3 rings (SSSR count). The Morgan fingerprint density at radius 1 is 1.31 bits per heavy atom. The summed E-state index contributed by atoms with van der Waals surface area (Å²) in [5, 5.41) is 2.89. The maximum Gasteiger partial charge on any atom is 0.254 e. The number of pyridine rings is 1. The van der Waals surface area contributed by atoms with Gasteiger partial charge in [0.15, 0.2) is 0 Å². The van der Waals surface area contributed by atoms with Crippen LogP contribution in [0.25, 0.3) is 5.82 Å². The Morgan fingerprint density at radius 3 is 2.96 bits per heavy atom. The number of amides is 2. The third-order valence-electron chi connectivity index (χ3n) is 4.56. The molecule has 26 heavy (non-hydrogen) atoms. The first-order chi connectivity index (χ1) is 12.7. The number of imidazole rings is 1. The highest BCUT2D eigenvalue weighted by molar-refractivity contribution is 5.94. The molecule has 1 fully saturated rings. The first-order valence-electron chi connectivity index (χ1n) is 8.91. The minimum absolute atomic E-state index is 0.00262. The van der Waals surface area contributed by atoms with Crippen molar-refractivity contribution in [1.29, 1.82) is 0 Å². The molecular weight excluding hydrogens is 332 g/mol. The van der Waals surface area contributed by atoms with Crippen LogP contribution in [0.5, 0.6) is 0 Å². The minimum atomic E-state index is -0.0724. The van der Waals surface area contributed by atoms with Crippen LogP contribution in [-0.4, -0.2) is 56.9 Å². The molecule has 2 aromatic rings. The van der Waals surface area contributed by atoms with Crippen LogP contribution in [0.1, 0.15) is 36.0 Å². The molecule has 0 spiro atoms. The first-order valence-corrected chi connectivity index (χ1v) is 8.91. The zero-order chi connectivity index (χ0) is 18.4. The second kappa shape index (κ2) is 8.57. The summed E-state index contributed by atoms with van der Waals surface area (Å²) in [5.41, 5.74) is 5.99. The number of likely N-dealkylation sites (tertiary alicyclic amines) is 1. The Labute approximate surface area is 152 Å². The quantitative estimate of drug-likeness (QED) is 0.793. The van der Waals surface area contributed by atoms with E-state index in [1.165, 1.54) is 0 Å². The number of piperidine rings is 1. The van der Waals surface area contributed by atoms with Gasteiger partial charge in [-0.25, -0.2) is 9.97 Å². The Hall–Kier alpha value is -2.74. The van der Waals surface area contributed by atoms with Gasteiger partial charge in [0.25, 0.3) is 5.91 Å². The van der Waals surface area contributed by atoms with Gasteiger partial charge in [0.1, 0.15) is 12.1 Å². The maximum absolute atomic E-state index is 13.0. The lowest BCUT2D eigenvalue weighted by molar-refractivity contribution is -0.121. The number of hydrogen-bond acceptors (Lipinski definition) is 5. The van der Waals surface area contributed by atoms with Crippen molar-refractivity contribution < 1.29 is 9.59 Å². The molecule has 0 bridgehead atoms. The van der Waals surface area contributed by atoms with E-state index < -0.39 is 0 Å². The molecule has 0 aliphatic carbocycles. The van der Waals surface area contributed by atoms with E-state index in [1.807, 2.05) is 4.90 Å². The van der Waals surface area contributed by atoms with Gasteiger partial charge in [-0.3, -0.25) is 14.2 Å². The number of rotatable bonds is 6. The van der Waals surface area contributed by atoms with Gasteiger partial charge in [-0.15, -0.1) is 0 Å². The monoisotopic (exact) mass is 356 g/mol. The van der Waals surface area contributed by atoms with Gasteiger partial charge >= 0.3 is 0 Å². The fraction of sp³-hybridized carbons (Fsp3) is 0.444. The predicted octanol–water partition coefficient (Wildman–Crippen LogP) is 0.727. The first kappa shape index (κ1) is 18.1. The van der Waals surface area contributed by atoms with Crippen molar-refractivity contribution >= 4 is 11.8 Å². The SMILES string of the molecule is NCCC(=O)NCC1CCCCN1C(=O)c1ccnc(-n2ccnc2)c1. The van der Waals surface area contributed by atoms with Gasteiger partial charge in [-0.05, 0) is 31.4 Å². The normalized spacial score (nSPS) is 17.1. The molecule has 8 heteroatoms. The van der Waals surface area contributed by atoms with Gasteiger partial charge in [0, 0.05) is 56.3 Å². The summed E-state index contributed by atoms with van der Waals surface area (Å²) < 4.78 is 1.76. The number of aromatic nitrogens is 3. The fourth-order valence-corrected chi connectivity index (χ4v) is 3.18. The van der Waals surface area contributed by atoms with E-state index in [0.29, 0.717) is 37.4 Å². The van der Waals surface area contributed by atoms with Crippen molar-refractivity contribution in [2.24, 2.45) is 5.73 Å². The Kier molecular flexibility index (Phi) is 5.96. The molecule has 2 amide bonds. The number of carbonyl (C=O) groups is 2. The molecular formula is C18H24N6O2. The highest BCUT2D eigenvalue weighted by atomic mass is 16.2. The summed E-state index contributed by atoms with van der Waals surface area (Å²) >= 11 is 0.